The maximum absolute atomic E-state index is 14.0. The molecule has 9 heteroatoms. The van der Waals surface area contributed by atoms with Crippen molar-refractivity contribution in [2.45, 2.75) is 6.54 Å². The minimum atomic E-state index is -1.02. The average molecular weight is 398 g/mol. The second-order valence-corrected chi connectivity index (χ2v) is 6.24. The number of ether oxygens (including phenoxy) is 1. The quantitative estimate of drug-likeness (QED) is 0.568. The molecule has 0 radical (unpaired) electrons. The smallest absolute Gasteiger partial charge is 0.280 e. The molecule has 2 heterocycles. The molecule has 6 nitrogen and oxygen atoms in total. The molecule has 0 aliphatic rings. The largest absolute Gasteiger partial charge is 0.439 e. The van der Waals surface area contributed by atoms with E-state index in [0.29, 0.717) is 29.1 Å². The Labute approximate surface area is 162 Å². The van der Waals surface area contributed by atoms with Crippen LogP contribution < -0.4 is 16.0 Å². The lowest BCUT2D eigenvalue weighted by molar-refractivity contribution is 0.463. The van der Waals surface area contributed by atoms with E-state index in [-0.39, 0.29) is 23.4 Å². The van der Waals surface area contributed by atoms with Crippen LogP contribution in [0, 0.1) is 17.5 Å². The van der Waals surface area contributed by atoms with E-state index in [4.69, 9.17) is 10.5 Å². The van der Waals surface area contributed by atoms with Gasteiger partial charge in [0.25, 0.3) is 5.56 Å². The van der Waals surface area contributed by atoms with Crippen molar-refractivity contribution >= 4 is 16.6 Å². The Morgan fingerprint density at radius 3 is 2.45 bits per heavy atom. The number of nitrogens with zero attached hydrogens (tertiary/aromatic N) is 3. The van der Waals surface area contributed by atoms with Gasteiger partial charge in [-0.05, 0) is 24.3 Å². The van der Waals surface area contributed by atoms with Gasteiger partial charge >= 0.3 is 0 Å². The van der Waals surface area contributed by atoms with Crippen molar-refractivity contribution in [2.24, 2.45) is 0 Å². The molecule has 4 aromatic rings. The monoisotopic (exact) mass is 398 g/mol. The van der Waals surface area contributed by atoms with Gasteiger partial charge in [-0.2, -0.15) is 4.98 Å². The maximum atomic E-state index is 14.0. The number of rotatable bonds is 4. The van der Waals surface area contributed by atoms with E-state index in [2.05, 4.69) is 9.97 Å². The summed E-state index contributed by atoms with van der Waals surface area (Å²) in [5, 5.41) is 0.184. The van der Waals surface area contributed by atoms with Gasteiger partial charge in [-0.25, -0.2) is 18.2 Å². The van der Waals surface area contributed by atoms with Crippen LogP contribution in [0.25, 0.3) is 10.9 Å². The molecule has 2 aromatic heterocycles. The first-order valence-electron chi connectivity index (χ1n) is 8.43. The molecular weight excluding hydrogens is 385 g/mol. The van der Waals surface area contributed by atoms with Crippen molar-refractivity contribution in [1.82, 2.24) is 14.5 Å². The third-order valence-corrected chi connectivity index (χ3v) is 4.24. The predicted octanol–water partition coefficient (Wildman–Crippen LogP) is 3.63. The van der Waals surface area contributed by atoms with Crippen LogP contribution in [0.1, 0.15) is 5.56 Å². The van der Waals surface area contributed by atoms with Crippen LogP contribution in [0.15, 0.2) is 59.8 Å². The summed E-state index contributed by atoms with van der Waals surface area (Å²) in [5.74, 6) is -2.46. The number of aromatic nitrogens is 3. The number of fused-ring (bicyclic) bond motifs is 1. The van der Waals surface area contributed by atoms with Crippen LogP contribution in [-0.4, -0.2) is 14.5 Å². The minimum absolute atomic E-state index is 0.184. The van der Waals surface area contributed by atoms with Crippen LogP contribution in [0.3, 0.4) is 0 Å². The summed E-state index contributed by atoms with van der Waals surface area (Å²) in [6, 6.07) is 8.98. The summed E-state index contributed by atoms with van der Waals surface area (Å²) in [5.41, 5.74) is 5.56. The molecule has 0 saturated heterocycles. The van der Waals surface area contributed by atoms with Crippen molar-refractivity contribution in [3.05, 3.63) is 88.4 Å². The average Bonchev–Trinajstić information content (AvgIpc) is 2.68. The maximum Gasteiger partial charge on any atom is 0.280 e. The Hall–Kier alpha value is -3.88. The molecule has 29 heavy (non-hydrogen) atoms. The Kier molecular flexibility index (Phi) is 4.63. The van der Waals surface area contributed by atoms with Crippen LogP contribution >= 0.6 is 0 Å². The second kappa shape index (κ2) is 7.27. The van der Waals surface area contributed by atoms with Gasteiger partial charge in [-0.3, -0.25) is 4.79 Å². The van der Waals surface area contributed by atoms with E-state index in [9.17, 15) is 18.0 Å². The van der Waals surface area contributed by atoms with Gasteiger partial charge in [0.05, 0.1) is 35.7 Å². The Morgan fingerprint density at radius 2 is 1.76 bits per heavy atom. The highest BCUT2D eigenvalue weighted by Gasteiger charge is 2.14. The summed E-state index contributed by atoms with van der Waals surface area (Å²) in [6.07, 6.45) is 2.60. The van der Waals surface area contributed by atoms with E-state index >= 15 is 0 Å². The number of hydrogen-bond acceptors (Lipinski definition) is 5. The van der Waals surface area contributed by atoms with Crippen LogP contribution in [-0.2, 0) is 6.54 Å². The van der Waals surface area contributed by atoms with Crippen molar-refractivity contribution in [2.75, 3.05) is 5.73 Å². The van der Waals surface area contributed by atoms with Crippen LogP contribution in [0.5, 0.6) is 11.6 Å². The number of benzene rings is 2. The van der Waals surface area contributed by atoms with Crippen molar-refractivity contribution in [1.29, 1.82) is 0 Å². The Bertz CT molecular complexity index is 1250. The van der Waals surface area contributed by atoms with Gasteiger partial charge in [0.15, 0.2) is 0 Å². The fraction of sp³-hybridized carbons (Fsp3) is 0.0500. The zero-order valence-electron chi connectivity index (χ0n) is 14.8. The fourth-order valence-corrected chi connectivity index (χ4v) is 2.85. The molecule has 0 unspecified atom stereocenters. The van der Waals surface area contributed by atoms with E-state index in [1.165, 1.54) is 23.2 Å². The van der Waals surface area contributed by atoms with Crippen LogP contribution in [0.2, 0.25) is 0 Å². The zero-order valence-corrected chi connectivity index (χ0v) is 14.8. The first-order valence-corrected chi connectivity index (χ1v) is 8.43. The van der Waals surface area contributed by atoms with Crippen molar-refractivity contribution in [3.8, 4) is 11.6 Å². The van der Waals surface area contributed by atoms with E-state index in [0.717, 1.165) is 0 Å². The lowest BCUT2D eigenvalue weighted by Gasteiger charge is -2.12. The number of nitrogens with two attached hydrogens (primary N) is 1. The highest BCUT2D eigenvalue weighted by atomic mass is 19.1. The highest BCUT2D eigenvalue weighted by Crippen LogP contribution is 2.24. The first kappa shape index (κ1) is 18.5. The summed E-state index contributed by atoms with van der Waals surface area (Å²) in [7, 11) is 0. The molecule has 0 fully saturated rings. The summed E-state index contributed by atoms with van der Waals surface area (Å²) >= 11 is 0. The third-order valence-electron chi connectivity index (χ3n) is 4.24. The number of halogens is 3. The summed E-state index contributed by atoms with van der Waals surface area (Å²) < 4.78 is 48.1. The third kappa shape index (κ3) is 3.75. The molecule has 2 N–H and O–H groups in total. The normalized spacial score (nSPS) is 11.0. The predicted molar refractivity (Wildman–Crippen MR) is 100 cm³/mol. The van der Waals surface area contributed by atoms with E-state index in [1.807, 2.05) is 0 Å². The molecule has 0 aliphatic carbocycles. The SMILES string of the molecule is Nc1ccc(Oc2ccc3c(c2)c(=O)ncn3Cc2c(F)cc(F)cc2F)nc1. The minimum Gasteiger partial charge on any atom is -0.439 e. The van der Waals surface area contributed by atoms with Gasteiger partial charge in [0.2, 0.25) is 5.88 Å². The molecule has 0 atom stereocenters. The topological polar surface area (TPSA) is 83.0 Å². The van der Waals surface area contributed by atoms with Gasteiger partial charge in [0, 0.05) is 23.8 Å². The highest BCUT2D eigenvalue weighted by molar-refractivity contribution is 5.79. The number of nitrogen functional groups attached to an aromatic ring is 1. The van der Waals surface area contributed by atoms with Gasteiger partial charge in [0.1, 0.15) is 23.2 Å². The molecule has 0 aliphatic heterocycles. The lowest BCUT2D eigenvalue weighted by Crippen LogP contribution is -2.14. The van der Waals surface area contributed by atoms with Crippen LogP contribution in [0.4, 0.5) is 18.9 Å². The molecule has 4 rings (SSSR count). The van der Waals surface area contributed by atoms with Gasteiger partial charge < -0.3 is 15.0 Å². The van der Waals surface area contributed by atoms with Gasteiger partial charge in [-0.1, -0.05) is 0 Å². The van der Waals surface area contributed by atoms with E-state index in [1.54, 1.807) is 24.3 Å². The molecule has 0 amide bonds. The summed E-state index contributed by atoms with van der Waals surface area (Å²) in [4.78, 5) is 20.0. The van der Waals surface area contributed by atoms with Crippen molar-refractivity contribution < 1.29 is 17.9 Å². The molecule has 146 valence electrons. The number of hydrogen-bond donors (Lipinski definition) is 1. The molecule has 2 aromatic carbocycles. The first-order chi connectivity index (χ1) is 13.9. The number of anilines is 1. The molecular formula is C20H13F3N4O2. The Morgan fingerprint density at radius 1 is 1.00 bits per heavy atom. The molecule has 0 saturated carbocycles. The number of pyridine rings is 1. The Balaban J connectivity index is 1.73. The van der Waals surface area contributed by atoms with Crippen molar-refractivity contribution in [3.63, 3.8) is 0 Å². The summed E-state index contributed by atoms with van der Waals surface area (Å²) in [6.45, 7) is -0.276. The zero-order chi connectivity index (χ0) is 20.5. The molecule has 0 bridgehead atoms. The van der Waals surface area contributed by atoms with E-state index < -0.39 is 23.0 Å². The van der Waals surface area contributed by atoms with Gasteiger partial charge in [-0.15, -0.1) is 0 Å². The fourth-order valence-electron chi connectivity index (χ4n) is 2.85. The second-order valence-electron chi connectivity index (χ2n) is 6.24. The molecule has 0 spiro atoms. The standard InChI is InChI=1S/C20H13F3N4O2/c21-11-5-16(22)15(17(23)6-11)9-27-10-26-20(28)14-7-13(2-3-18(14)27)29-19-4-1-12(24)8-25-19/h1-8,10H,9,24H2. The lowest BCUT2D eigenvalue weighted by atomic mass is 10.1.